The van der Waals surface area contributed by atoms with Crippen LogP contribution in [0.4, 0.5) is 0 Å². The first-order chi connectivity index (χ1) is 5.93. The maximum atomic E-state index is 8.55. The van der Waals surface area contributed by atoms with Crippen LogP contribution in [-0.2, 0) is 4.57 Å². The Morgan fingerprint density at radius 3 is 1.50 bits per heavy atom. The van der Waals surface area contributed by atoms with Crippen LogP contribution in [0.3, 0.4) is 0 Å². The molecule has 0 amide bonds. The normalized spacial score (nSPS) is 7.94. The van der Waals surface area contributed by atoms with E-state index in [1.807, 2.05) is 36.4 Å². The zero-order valence-electron chi connectivity index (χ0n) is 9.75. The van der Waals surface area contributed by atoms with E-state index in [0.29, 0.717) is 0 Å². The summed E-state index contributed by atoms with van der Waals surface area (Å²) >= 11 is 0. The largest absolute Gasteiger partial charge is 1.00 e. The number of rotatable bonds is 1. The molecule has 1 rings (SSSR count). The van der Waals surface area contributed by atoms with Crippen LogP contribution in [0, 0.1) is 0 Å². The Labute approximate surface area is 131 Å². The van der Waals surface area contributed by atoms with Crippen LogP contribution in [0.1, 0.15) is 5.56 Å². The molecule has 16 heavy (non-hydrogen) atoms. The summed E-state index contributed by atoms with van der Waals surface area (Å²) in [7, 11) is -5.39. The summed E-state index contributed by atoms with van der Waals surface area (Å²) in [6.45, 7) is 3.63. The first kappa shape index (κ1) is 25.6. The van der Waals surface area contributed by atoms with Gasteiger partial charge in [-0.3, -0.25) is 0 Å². The Hall–Kier alpha value is 0.862. The van der Waals surface area contributed by atoms with E-state index in [-0.39, 0.29) is 56.6 Å². The van der Waals surface area contributed by atoms with Gasteiger partial charge in [0.15, 0.2) is 0 Å². The van der Waals surface area contributed by atoms with Gasteiger partial charge in [0.2, 0.25) is 0 Å². The van der Waals surface area contributed by atoms with Gasteiger partial charge in [-0.25, -0.2) is 0 Å². The SMILES string of the molecule is C=Cc1ccccc1.O=P([O-])([O-])[O-].[Li+].[Li+].[Li+]. The van der Waals surface area contributed by atoms with Crippen LogP contribution in [0.2, 0.25) is 0 Å². The zero-order chi connectivity index (χ0) is 10.3. The van der Waals surface area contributed by atoms with Gasteiger partial charge < -0.3 is 19.2 Å². The third-order valence-corrected chi connectivity index (χ3v) is 1.04. The molecule has 0 aliphatic heterocycles. The van der Waals surface area contributed by atoms with Crippen molar-refractivity contribution in [2.24, 2.45) is 0 Å². The quantitative estimate of drug-likeness (QED) is 0.347. The van der Waals surface area contributed by atoms with Crippen molar-refractivity contribution in [1.29, 1.82) is 0 Å². The molecule has 0 saturated carbocycles. The molecule has 0 bridgehead atoms. The number of phosphoric acid groups is 1. The Morgan fingerprint density at radius 1 is 1.00 bits per heavy atom. The fourth-order valence-corrected chi connectivity index (χ4v) is 0.589. The van der Waals surface area contributed by atoms with Crippen molar-refractivity contribution < 1.29 is 75.8 Å². The summed E-state index contributed by atoms with van der Waals surface area (Å²) in [5, 5.41) is 0. The molecule has 0 saturated heterocycles. The van der Waals surface area contributed by atoms with Crippen LogP contribution in [0.25, 0.3) is 6.08 Å². The van der Waals surface area contributed by atoms with Gasteiger partial charge in [-0.05, 0) is 5.56 Å². The zero-order valence-corrected chi connectivity index (χ0v) is 10.6. The van der Waals surface area contributed by atoms with E-state index in [9.17, 15) is 0 Å². The summed E-state index contributed by atoms with van der Waals surface area (Å²) in [6.07, 6.45) is 1.83. The second-order valence-electron chi connectivity index (χ2n) is 2.06. The van der Waals surface area contributed by atoms with E-state index >= 15 is 0 Å². The molecule has 1 aromatic carbocycles. The van der Waals surface area contributed by atoms with Crippen molar-refractivity contribution in [3.63, 3.8) is 0 Å². The summed E-state index contributed by atoms with van der Waals surface area (Å²) in [4.78, 5) is 25.6. The predicted molar refractivity (Wildman–Crippen MR) is 44.1 cm³/mol. The first-order valence-electron chi connectivity index (χ1n) is 3.34. The monoisotopic (exact) mass is 220 g/mol. The average molecular weight is 220 g/mol. The molecule has 0 N–H and O–H groups in total. The van der Waals surface area contributed by atoms with Gasteiger partial charge in [-0.2, -0.15) is 7.82 Å². The molecule has 0 aromatic heterocycles. The molecular weight excluding hydrogens is 212 g/mol. The predicted octanol–water partition coefficient (Wildman–Crippen LogP) is -9.48. The fourth-order valence-electron chi connectivity index (χ4n) is 0.589. The third-order valence-electron chi connectivity index (χ3n) is 1.04. The molecule has 0 spiro atoms. The van der Waals surface area contributed by atoms with Gasteiger partial charge in [0.05, 0.1) is 0 Å². The van der Waals surface area contributed by atoms with Gasteiger partial charge in [-0.1, -0.05) is 43.0 Å². The smallest absolute Gasteiger partial charge is 0.822 e. The summed E-state index contributed by atoms with van der Waals surface area (Å²) in [6, 6.07) is 10.0. The molecular formula is C8H8Li3O4P. The molecule has 4 nitrogen and oxygen atoms in total. The van der Waals surface area contributed by atoms with Crippen molar-refractivity contribution >= 4 is 13.9 Å². The minimum absolute atomic E-state index is 0. The van der Waals surface area contributed by atoms with Gasteiger partial charge in [0, 0.05) is 0 Å². The molecule has 0 aliphatic rings. The van der Waals surface area contributed by atoms with E-state index in [1.54, 1.807) is 0 Å². The van der Waals surface area contributed by atoms with Crippen molar-refractivity contribution in [1.82, 2.24) is 0 Å². The van der Waals surface area contributed by atoms with Gasteiger partial charge >= 0.3 is 56.6 Å². The van der Waals surface area contributed by atoms with Crippen LogP contribution in [-0.4, -0.2) is 0 Å². The van der Waals surface area contributed by atoms with Gasteiger partial charge in [0.1, 0.15) is 0 Å². The molecule has 72 valence electrons. The summed E-state index contributed by atoms with van der Waals surface area (Å²) in [5.41, 5.74) is 1.17. The van der Waals surface area contributed by atoms with Crippen molar-refractivity contribution in [3.8, 4) is 0 Å². The van der Waals surface area contributed by atoms with Gasteiger partial charge in [-0.15, -0.1) is 0 Å². The van der Waals surface area contributed by atoms with Crippen molar-refractivity contribution in [3.05, 3.63) is 42.5 Å². The van der Waals surface area contributed by atoms with Gasteiger partial charge in [0.25, 0.3) is 0 Å². The maximum Gasteiger partial charge on any atom is 1.00 e. The molecule has 0 radical (unpaired) electrons. The third kappa shape index (κ3) is 24.2. The molecule has 8 heteroatoms. The van der Waals surface area contributed by atoms with Crippen LogP contribution < -0.4 is 71.3 Å². The average Bonchev–Trinajstić information content (AvgIpc) is 2.03. The Morgan fingerprint density at radius 2 is 1.31 bits per heavy atom. The molecule has 0 fully saturated rings. The van der Waals surface area contributed by atoms with E-state index in [4.69, 9.17) is 19.2 Å². The molecule has 0 aliphatic carbocycles. The Kier molecular flexibility index (Phi) is 22.3. The molecule has 0 unspecified atom stereocenters. The maximum absolute atomic E-state index is 8.55. The number of benzene rings is 1. The number of hydrogen-bond donors (Lipinski definition) is 0. The second kappa shape index (κ2) is 13.9. The van der Waals surface area contributed by atoms with E-state index in [0.717, 1.165) is 0 Å². The minimum atomic E-state index is -5.39. The van der Waals surface area contributed by atoms with Crippen molar-refractivity contribution in [2.75, 3.05) is 0 Å². The molecule has 0 heterocycles. The van der Waals surface area contributed by atoms with Crippen LogP contribution in [0.15, 0.2) is 36.9 Å². The summed E-state index contributed by atoms with van der Waals surface area (Å²) in [5.74, 6) is 0. The topological polar surface area (TPSA) is 86.2 Å². The standard InChI is InChI=1S/C8H8.3Li.H3O4P/c1-2-8-6-4-3-5-7-8;;;;1-5(2,3)4/h2-7H,1H2;;;;(H3,1,2,3,4)/q;3*+1;/p-3. The van der Waals surface area contributed by atoms with E-state index in [1.165, 1.54) is 5.56 Å². The Balaban J connectivity index is -0.0000000818. The number of hydrogen-bond acceptors (Lipinski definition) is 4. The molecule has 0 atom stereocenters. The Bertz CT molecular complexity index is 293. The minimum Gasteiger partial charge on any atom is -0.822 e. The van der Waals surface area contributed by atoms with E-state index < -0.39 is 7.82 Å². The summed E-state index contributed by atoms with van der Waals surface area (Å²) < 4.78 is 8.55. The van der Waals surface area contributed by atoms with E-state index in [2.05, 4.69) is 6.58 Å². The first-order valence-corrected chi connectivity index (χ1v) is 4.80. The van der Waals surface area contributed by atoms with Crippen LogP contribution in [0.5, 0.6) is 0 Å². The van der Waals surface area contributed by atoms with Crippen LogP contribution >= 0.6 is 7.82 Å². The second-order valence-corrected chi connectivity index (χ2v) is 2.96. The molecule has 1 aromatic rings. The fraction of sp³-hybridized carbons (Fsp3) is 0. The van der Waals surface area contributed by atoms with Crippen molar-refractivity contribution in [2.45, 2.75) is 0 Å².